The van der Waals surface area contributed by atoms with Crippen molar-refractivity contribution < 1.29 is 13.9 Å². The van der Waals surface area contributed by atoms with Gasteiger partial charge in [0.2, 0.25) is 0 Å². The minimum Gasteiger partial charge on any atom is -0.472 e. The maximum atomic E-state index is 11.1. The molecule has 27 heavy (non-hydrogen) atoms. The first kappa shape index (κ1) is 21.1. The molecule has 1 aromatic heterocycles. The Hall–Kier alpha value is -0.583. The van der Waals surface area contributed by atoms with Crippen LogP contribution in [0.15, 0.2) is 23.0 Å². The molecule has 1 heterocycles. The second-order valence-corrected chi connectivity index (χ2v) is 15.8. The molecule has 1 N–H and O–H groups in total. The highest BCUT2D eigenvalue weighted by Gasteiger charge is 2.49. The van der Waals surface area contributed by atoms with Gasteiger partial charge in [0.05, 0.1) is 18.1 Å². The molecule has 2 aliphatic rings. The molecule has 2 atom stereocenters. The Kier molecular flexibility index (Phi) is 5.75. The third-order valence-corrected chi connectivity index (χ3v) is 12.9. The highest BCUT2D eigenvalue weighted by molar-refractivity contribution is 6.74. The summed E-state index contributed by atoms with van der Waals surface area (Å²) in [6.45, 7) is 15.0. The molecule has 4 heteroatoms. The van der Waals surface area contributed by atoms with Crippen LogP contribution in [0.25, 0.3) is 0 Å². The zero-order valence-corrected chi connectivity index (χ0v) is 19.3. The predicted octanol–water partition coefficient (Wildman–Crippen LogP) is 6.49. The van der Waals surface area contributed by atoms with E-state index < -0.39 is 13.9 Å². The molecule has 3 nitrogen and oxygen atoms in total. The van der Waals surface area contributed by atoms with Crippen molar-refractivity contribution in [2.24, 2.45) is 17.3 Å². The lowest BCUT2D eigenvalue weighted by molar-refractivity contribution is -0.0874. The predicted molar refractivity (Wildman–Crippen MR) is 113 cm³/mol. The Labute approximate surface area is 167 Å². The molecule has 2 saturated carbocycles. The molecule has 1 spiro atoms. The summed E-state index contributed by atoms with van der Waals surface area (Å²) < 4.78 is 11.7. The maximum absolute atomic E-state index is 11.1. The standard InChI is InChI=1S/C23H40O3Si/c1-18-15-23(24,20-9-14-25-17-20)13-12-22(18)10-7-19(8-11-22)16-26-27(5,6)21(2,3)4/h9,14,17-19,24H,7-8,10-13,15-16H2,1-6H3. The van der Waals surface area contributed by atoms with E-state index in [1.165, 1.54) is 25.7 Å². The zero-order valence-electron chi connectivity index (χ0n) is 18.3. The van der Waals surface area contributed by atoms with Crippen LogP contribution in [0.4, 0.5) is 0 Å². The van der Waals surface area contributed by atoms with E-state index in [0.29, 0.717) is 17.3 Å². The number of rotatable bonds is 4. The molecule has 0 aromatic carbocycles. The minimum absolute atomic E-state index is 0.290. The van der Waals surface area contributed by atoms with Crippen molar-refractivity contribution in [3.05, 3.63) is 24.2 Å². The lowest BCUT2D eigenvalue weighted by Gasteiger charge is -2.52. The monoisotopic (exact) mass is 392 g/mol. The number of aliphatic hydroxyl groups is 1. The van der Waals surface area contributed by atoms with Gasteiger partial charge in [0.1, 0.15) is 0 Å². The van der Waals surface area contributed by atoms with Crippen LogP contribution in [0.5, 0.6) is 0 Å². The van der Waals surface area contributed by atoms with Gasteiger partial charge < -0.3 is 13.9 Å². The SMILES string of the molecule is CC1CC(O)(c2ccoc2)CCC12CCC(CO[Si](C)(C)C(C)(C)C)CC2. The van der Waals surface area contributed by atoms with E-state index in [4.69, 9.17) is 8.84 Å². The third kappa shape index (κ3) is 4.23. The van der Waals surface area contributed by atoms with Crippen molar-refractivity contribution >= 4 is 8.32 Å². The second-order valence-electron chi connectivity index (χ2n) is 11.0. The fraction of sp³-hybridized carbons (Fsp3) is 0.826. The van der Waals surface area contributed by atoms with E-state index in [9.17, 15) is 5.11 Å². The highest BCUT2D eigenvalue weighted by Crippen LogP contribution is 2.56. The molecule has 2 aliphatic carbocycles. The smallest absolute Gasteiger partial charge is 0.191 e. The van der Waals surface area contributed by atoms with Crippen molar-refractivity contribution in [1.82, 2.24) is 0 Å². The lowest BCUT2D eigenvalue weighted by Crippen LogP contribution is -2.46. The largest absolute Gasteiger partial charge is 0.472 e. The summed E-state index contributed by atoms with van der Waals surface area (Å²) in [6, 6.07) is 1.93. The molecule has 3 rings (SSSR count). The topological polar surface area (TPSA) is 42.6 Å². The average molecular weight is 393 g/mol. The first-order valence-corrected chi connectivity index (χ1v) is 13.8. The molecule has 0 aliphatic heterocycles. The van der Waals surface area contributed by atoms with Crippen LogP contribution < -0.4 is 0 Å². The van der Waals surface area contributed by atoms with Crippen molar-refractivity contribution in [3.63, 3.8) is 0 Å². The highest BCUT2D eigenvalue weighted by atomic mass is 28.4. The van der Waals surface area contributed by atoms with E-state index in [2.05, 4.69) is 40.8 Å². The van der Waals surface area contributed by atoms with E-state index in [0.717, 1.165) is 31.4 Å². The summed E-state index contributed by atoms with van der Waals surface area (Å²) in [5.74, 6) is 1.26. The van der Waals surface area contributed by atoms with Crippen LogP contribution in [0.3, 0.4) is 0 Å². The summed E-state index contributed by atoms with van der Waals surface area (Å²) in [5.41, 5.74) is 0.685. The molecule has 0 radical (unpaired) electrons. The van der Waals surface area contributed by atoms with E-state index in [1.807, 2.05) is 6.07 Å². The van der Waals surface area contributed by atoms with Crippen LogP contribution in [0.1, 0.15) is 78.2 Å². The van der Waals surface area contributed by atoms with Crippen LogP contribution in [0.2, 0.25) is 18.1 Å². The van der Waals surface area contributed by atoms with Gasteiger partial charge >= 0.3 is 0 Å². The first-order valence-electron chi connectivity index (χ1n) is 10.9. The van der Waals surface area contributed by atoms with Crippen molar-refractivity contribution in [2.45, 2.75) is 96.4 Å². The fourth-order valence-corrected chi connectivity index (χ4v) is 6.11. The molecule has 1 aromatic rings. The minimum atomic E-state index is -1.64. The van der Waals surface area contributed by atoms with Crippen molar-refractivity contribution in [2.75, 3.05) is 6.61 Å². The third-order valence-electron chi connectivity index (χ3n) is 8.37. The lowest BCUT2D eigenvalue weighted by atomic mass is 9.55. The normalized spacial score (nSPS) is 35.5. The maximum Gasteiger partial charge on any atom is 0.191 e. The van der Waals surface area contributed by atoms with Crippen LogP contribution in [-0.4, -0.2) is 20.0 Å². The molecule has 2 unspecified atom stereocenters. The Morgan fingerprint density at radius 1 is 1.19 bits per heavy atom. The summed E-state index contributed by atoms with van der Waals surface area (Å²) in [5, 5.41) is 11.4. The number of furan rings is 1. The molecule has 0 amide bonds. The number of hydrogen-bond acceptors (Lipinski definition) is 3. The number of hydrogen-bond donors (Lipinski definition) is 1. The second kappa shape index (κ2) is 7.35. The van der Waals surface area contributed by atoms with Crippen molar-refractivity contribution in [3.8, 4) is 0 Å². The summed E-state index contributed by atoms with van der Waals surface area (Å²) in [6.07, 6.45) is 11.4. The molecule has 0 saturated heterocycles. The van der Waals surface area contributed by atoms with Gasteiger partial charge in [0.25, 0.3) is 0 Å². The van der Waals surface area contributed by atoms with Gasteiger partial charge in [-0.3, -0.25) is 0 Å². The fourth-order valence-electron chi connectivity index (χ4n) is 5.02. The quantitative estimate of drug-likeness (QED) is 0.596. The molecular weight excluding hydrogens is 352 g/mol. The van der Waals surface area contributed by atoms with Crippen molar-refractivity contribution in [1.29, 1.82) is 0 Å². The first-order chi connectivity index (χ1) is 12.5. The Morgan fingerprint density at radius 2 is 1.85 bits per heavy atom. The Bertz CT molecular complexity index is 608. The van der Waals surface area contributed by atoms with Gasteiger partial charge in [0, 0.05) is 12.2 Å². The zero-order chi connectivity index (χ0) is 19.9. The molecule has 154 valence electrons. The summed E-state index contributed by atoms with van der Waals surface area (Å²) in [7, 11) is -1.64. The Morgan fingerprint density at radius 3 is 2.37 bits per heavy atom. The van der Waals surface area contributed by atoms with Gasteiger partial charge in [-0.15, -0.1) is 0 Å². The molecule has 2 fully saturated rings. The van der Waals surface area contributed by atoms with Gasteiger partial charge in [0.15, 0.2) is 8.32 Å². The average Bonchev–Trinajstić information content (AvgIpc) is 3.13. The summed E-state index contributed by atoms with van der Waals surface area (Å²) in [4.78, 5) is 0. The van der Waals surface area contributed by atoms with E-state index in [1.54, 1.807) is 12.5 Å². The van der Waals surface area contributed by atoms with E-state index in [-0.39, 0.29) is 5.04 Å². The van der Waals surface area contributed by atoms with Gasteiger partial charge in [-0.05, 0) is 86.4 Å². The summed E-state index contributed by atoms with van der Waals surface area (Å²) >= 11 is 0. The van der Waals surface area contributed by atoms with Gasteiger partial charge in [-0.1, -0.05) is 27.7 Å². The Balaban J connectivity index is 1.55. The van der Waals surface area contributed by atoms with Crippen LogP contribution in [-0.2, 0) is 10.0 Å². The van der Waals surface area contributed by atoms with Crippen LogP contribution >= 0.6 is 0 Å². The van der Waals surface area contributed by atoms with Crippen LogP contribution in [0, 0.1) is 17.3 Å². The van der Waals surface area contributed by atoms with Gasteiger partial charge in [-0.25, -0.2) is 0 Å². The van der Waals surface area contributed by atoms with E-state index >= 15 is 0 Å². The molecule has 0 bridgehead atoms. The van der Waals surface area contributed by atoms with Gasteiger partial charge in [-0.2, -0.15) is 0 Å². The molecular formula is C23H40O3Si.